The predicted octanol–water partition coefficient (Wildman–Crippen LogP) is 3.09. The fraction of sp³-hybridized carbons (Fsp3) is 0.214. The molecule has 4 nitrogen and oxygen atoms in total. The molecule has 3 aromatic rings. The molecule has 1 aromatic carbocycles. The van der Waals surface area contributed by atoms with E-state index in [0.29, 0.717) is 11.6 Å². The molecule has 0 aliphatic carbocycles. The van der Waals surface area contributed by atoms with Gasteiger partial charge >= 0.3 is 0 Å². The molecule has 5 heteroatoms. The predicted molar refractivity (Wildman–Crippen MR) is 75.3 cm³/mol. The molecule has 2 aromatic heterocycles. The quantitative estimate of drug-likeness (QED) is 0.736. The molecule has 0 fully saturated rings. The van der Waals surface area contributed by atoms with Crippen LogP contribution in [-0.4, -0.2) is 19.5 Å². The lowest BCUT2D eigenvalue weighted by Gasteiger charge is -2.06. The third-order valence-electron chi connectivity index (χ3n) is 3.10. The average Bonchev–Trinajstić information content (AvgIpc) is 2.78. The minimum Gasteiger partial charge on any atom is -0.328 e. The third kappa shape index (κ3) is 2.19. The molecule has 0 spiro atoms. The summed E-state index contributed by atoms with van der Waals surface area (Å²) in [6, 6.07) is 8.11. The molecule has 0 bridgehead atoms. The maximum Gasteiger partial charge on any atom is 0.150 e. The molecule has 0 saturated heterocycles. The van der Waals surface area contributed by atoms with Crippen LogP contribution in [0, 0.1) is 0 Å². The molecule has 3 rings (SSSR count). The van der Waals surface area contributed by atoms with Gasteiger partial charge in [0.2, 0.25) is 0 Å². The highest BCUT2D eigenvalue weighted by Gasteiger charge is 2.12. The van der Waals surface area contributed by atoms with Gasteiger partial charge in [0.05, 0.1) is 23.1 Å². The number of rotatable bonds is 3. The van der Waals surface area contributed by atoms with Crippen LogP contribution < -0.4 is 0 Å². The Kier molecular flexibility index (Phi) is 3.17. The Balaban J connectivity index is 2.08. The minimum atomic E-state index is 0.442. The van der Waals surface area contributed by atoms with Gasteiger partial charge < -0.3 is 4.57 Å². The number of imidazole rings is 1. The molecular formula is C14H13ClN4. The summed E-state index contributed by atoms with van der Waals surface area (Å²) in [7, 11) is 0. The second-order valence-electron chi connectivity index (χ2n) is 4.23. The lowest BCUT2D eigenvalue weighted by molar-refractivity contribution is 0.728. The van der Waals surface area contributed by atoms with E-state index < -0.39 is 0 Å². The molecule has 19 heavy (non-hydrogen) atoms. The van der Waals surface area contributed by atoms with Crippen molar-refractivity contribution >= 4 is 22.6 Å². The molecule has 0 amide bonds. The van der Waals surface area contributed by atoms with Gasteiger partial charge in [0.15, 0.2) is 5.15 Å². The number of fused-ring (bicyclic) bond motifs is 1. The van der Waals surface area contributed by atoms with Crippen molar-refractivity contribution in [3.8, 4) is 0 Å². The van der Waals surface area contributed by atoms with E-state index in [0.717, 1.165) is 29.1 Å². The Hall–Kier alpha value is -1.94. The fourth-order valence-corrected chi connectivity index (χ4v) is 2.40. The SMILES string of the molecule is CCn1c(Cc2nccnc2Cl)nc2ccccc21. The van der Waals surface area contributed by atoms with Crippen LogP contribution in [0.1, 0.15) is 18.4 Å². The summed E-state index contributed by atoms with van der Waals surface area (Å²) in [5.74, 6) is 0.964. The van der Waals surface area contributed by atoms with Crippen molar-refractivity contribution in [3.05, 3.63) is 53.3 Å². The highest BCUT2D eigenvalue weighted by Crippen LogP contribution is 2.19. The van der Waals surface area contributed by atoms with E-state index in [1.807, 2.05) is 18.2 Å². The van der Waals surface area contributed by atoms with Crippen LogP contribution in [0.2, 0.25) is 5.15 Å². The number of nitrogens with zero attached hydrogens (tertiary/aromatic N) is 4. The summed E-state index contributed by atoms with van der Waals surface area (Å²) < 4.78 is 2.18. The zero-order valence-electron chi connectivity index (χ0n) is 10.5. The molecule has 0 saturated carbocycles. The number of halogens is 1. The maximum absolute atomic E-state index is 6.06. The van der Waals surface area contributed by atoms with E-state index in [-0.39, 0.29) is 0 Å². The smallest absolute Gasteiger partial charge is 0.150 e. The Labute approximate surface area is 116 Å². The molecule has 0 radical (unpaired) electrons. The first-order valence-electron chi connectivity index (χ1n) is 6.19. The van der Waals surface area contributed by atoms with Crippen molar-refractivity contribution in [2.24, 2.45) is 0 Å². The number of para-hydroxylation sites is 2. The van der Waals surface area contributed by atoms with Crippen LogP contribution in [0.25, 0.3) is 11.0 Å². The average molecular weight is 273 g/mol. The molecular weight excluding hydrogens is 260 g/mol. The van der Waals surface area contributed by atoms with E-state index in [1.54, 1.807) is 12.4 Å². The Morgan fingerprint density at radius 3 is 2.74 bits per heavy atom. The maximum atomic E-state index is 6.06. The van der Waals surface area contributed by atoms with Gasteiger partial charge in [-0.15, -0.1) is 0 Å². The lowest BCUT2D eigenvalue weighted by Crippen LogP contribution is -2.04. The highest BCUT2D eigenvalue weighted by atomic mass is 35.5. The monoisotopic (exact) mass is 272 g/mol. The molecule has 0 unspecified atom stereocenters. The molecule has 0 atom stereocenters. The van der Waals surface area contributed by atoms with E-state index in [9.17, 15) is 0 Å². The van der Waals surface area contributed by atoms with Gasteiger partial charge in [-0.2, -0.15) is 0 Å². The third-order valence-corrected chi connectivity index (χ3v) is 3.41. The summed E-state index contributed by atoms with van der Waals surface area (Å²) in [6.07, 6.45) is 3.84. The van der Waals surface area contributed by atoms with Gasteiger partial charge in [-0.05, 0) is 19.1 Å². The summed E-state index contributed by atoms with van der Waals surface area (Å²) in [5.41, 5.74) is 2.90. The van der Waals surface area contributed by atoms with Gasteiger partial charge in [-0.1, -0.05) is 23.7 Å². The van der Waals surface area contributed by atoms with E-state index in [2.05, 4.69) is 32.5 Å². The van der Waals surface area contributed by atoms with Crippen molar-refractivity contribution in [2.75, 3.05) is 0 Å². The van der Waals surface area contributed by atoms with Gasteiger partial charge in [-0.3, -0.25) is 4.98 Å². The molecule has 0 N–H and O–H groups in total. The second kappa shape index (κ2) is 4.97. The normalized spacial score (nSPS) is 11.1. The van der Waals surface area contributed by atoms with E-state index >= 15 is 0 Å². The van der Waals surface area contributed by atoms with Crippen LogP contribution >= 0.6 is 11.6 Å². The zero-order valence-corrected chi connectivity index (χ0v) is 11.3. The zero-order chi connectivity index (χ0) is 13.2. The van der Waals surface area contributed by atoms with E-state index in [4.69, 9.17) is 11.6 Å². The first kappa shape index (κ1) is 12.1. The standard InChI is InChI=1S/C14H13ClN4/c1-2-19-12-6-4-3-5-10(12)18-13(19)9-11-14(15)17-8-7-16-11/h3-8H,2,9H2,1H3. The first-order chi connectivity index (χ1) is 9.29. The topological polar surface area (TPSA) is 43.6 Å². The molecule has 96 valence electrons. The van der Waals surface area contributed by atoms with Crippen molar-refractivity contribution in [1.29, 1.82) is 0 Å². The van der Waals surface area contributed by atoms with Gasteiger partial charge in [0.25, 0.3) is 0 Å². The number of hydrogen-bond acceptors (Lipinski definition) is 3. The molecule has 2 heterocycles. The van der Waals surface area contributed by atoms with Gasteiger partial charge in [-0.25, -0.2) is 9.97 Å². The summed E-state index contributed by atoms with van der Waals surface area (Å²) in [5, 5.41) is 0.442. The number of hydrogen-bond donors (Lipinski definition) is 0. The van der Waals surface area contributed by atoms with Crippen LogP contribution in [0.3, 0.4) is 0 Å². The number of benzene rings is 1. The Bertz CT molecular complexity index is 720. The lowest BCUT2D eigenvalue weighted by atomic mass is 10.3. The minimum absolute atomic E-state index is 0.442. The van der Waals surface area contributed by atoms with Crippen LogP contribution in [0.5, 0.6) is 0 Å². The highest BCUT2D eigenvalue weighted by molar-refractivity contribution is 6.30. The number of aryl methyl sites for hydroxylation is 1. The fourth-order valence-electron chi connectivity index (χ4n) is 2.23. The van der Waals surface area contributed by atoms with Crippen molar-refractivity contribution in [3.63, 3.8) is 0 Å². The van der Waals surface area contributed by atoms with Crippen molar-refractivity contribution in [1.82, 2.24) is 19.5 Å². The summed E-state index contributed by atoms with van der Waals surface area (Å²) in [6.45, 7) is 2.98. The number of aromatic nitrogens is 4. The summed E-state index contributed by atoms with van der Waals surface area (Å²) in [4.78, 5) is 13.0. The van der Waals surface area contributed by atoms with Crippen molar-refractivity contribution in [2.45, 2.75) is 19.9 Å². The Morgan fingerprint density at radius 1 is 1.16 bits per heavy atom. The van der Waals surface area contributed by atoms with Crippen LogP contribution in [-0.2, 0) is 13.0 Å². The van der Waals surface area contributed by atoms with Crippen LogP contribution in [0.15, 0.2) is 36.7 Å². The largest absolute Gasteiger partial charge is 0.328 e. The summed E-state index contributed by atoms with van der Waals surface area (Å²) >= 11 is 6.06. The first-order valence-corrected chi connectivity index (χ1v) is 6.57. The molecule has 0 aliphatic rings. The van der Waals surface area contributed by atoms with Crippen LogP contribution in [0.4, 0.5) is 0 Å². The second-order valence-corrected chi connectivity index (χ2v) is 4.59. The van der Waals surface area contributed by atoms with Gasteiger partial charge in [0, 0.05) is 18.9 Å². The van der Waals surface area contributed by atoms with Crippen molar-refractivity contribution < 1.29 is 0 Å². The molecule has 0 aliphatic heterocycles. The van der Waals surface area contributed by atoms with E-state index in [1.165, 1.54) is 0 Å². The van der Waals surface area contributed by atoms with Gasteiger partial charge in [0.1, 0.15) is 5.82 Å². The Morgan fingerprint density at radius 2 is 1.95 bits per heavy atom.